The summed E-state index contributed by atoms with van der Waals surface area (Å²) in [5.74, 6) is 0. The van der Waals surface area contributed by atoms with Gasteiger partial charge < -0.3 is 84.2 Å². The van der Waals surface area contributed by atoms with Crippen LogP contribution in [0, 0.1) is 0 Å². The minimum absolute atomic E-state index is 0.947. The highest BCUT2D eigenvalue weighted by atomic mass is 28.6. The lowest BCUT2D eigenvalue weighted by Crippen LogP contribution is -2.83. The fraction of sp³-hybridized carbons (Fsp3) is 1.00. The molecule has 7 fully saturated rings. The van der Waals surface area contributed by atoms with Crippen molar-refractivity contribution < 1.29 is 84.2 Å². The lowest BCUT2D eigenvalue weighted by Gasteiger charge is -2.51. The average Bonchev–Trinajstić information content (AvgIpc) is 3.53. The molecule has 0 aliphatic carbocycles. The van der Waals surface area contributed by atoms with E-state index in [1.54, 1.807) is 0 Å². The molecule has 0 saturated carbocycles. The standard InChI is InChI=1S/C20H58O20Si16/c1-41(2)19-23-53(30-46(11)12)25-20-26-54(24-19)36-51(19,28-44(7)8)37-55(31-47(13)14)34-49(20)18(22-52(20,38-53)29-45(9)10)17(21-42(3)4)50(33-49,27-43(5)6)35-56(39-54,40-55)32-48(15)16/h17-18,41-48H,1-16H3. The maximum atomic E-state index is 7.76. The van der Waals surface area contributed by atoms with Crippen molar-refractivity contribution in [3.8, 4) is 0 Å². The topological polar surface area (TPSA) is 185 Å². The quantitative estimate of drug-likeness (QED) is 0.185. The summed E-state index contributed by atoms with van der Waals surface area (Å²) in [5, 5.41) is -3.90. The van der Waals surface area contributed by atoms with Crippen LogP contribution in [0.2, 0.25) is 105 Å². The van der Waals surface area contributed by atoms with Gasteiger partial charge in [0.15, 0.2) is 63.3 Å². The smallest absolute Gasteiger partial charge is 0.418 e. The molecule has 7 aliphatic heterocycles. The molecular formula is C20H58O20Si16. The van der Waals surface area contributed by atoms with Crippen LogP contribution in [-0.2, 0) is 84.2 Å². The molecule has 7 aliphatic rings. The van der Waals surface area contributed by atoms with Crippen LogP contribution in [-0.4, -0.2) is 165 Å². The summed E-state index contributed by atoms with van der Waals surface area (Å²) in [4.78, 5) is 0. The summed E-state index contributed by atoms with van der Waals surface area (Å²) in [6.07, 6.45) is 0. The number of hydrogen-bond acceptors (Lipinski definition) is 20. The molecule has 12 unspecified atom stereocenters. The minimum atomic E-state index is -4.84. The van der Waals surface area contributed by atoms with Crippen LogP contribution < -0.4 is 0 Å². The molecule has 36 heteroatoms. The van der Waals surface area contributed by atoms with Gasteiger partial charge in [-0.2, -0.15) is 0 Å². The lowest BCUT2D eigenvalue weighted by atomic mass is 10.8. The first-order chi connectivity index (χ1) is 25.8. The zero-order valence-corrected chi connectivity index (χ0v) is 52.2. The summed E-state index contributed by atoms with van der Waals surface area (Å²) in [6, 6.07) is 0. The molecule has 0 aromatic carbocycles. The van der Waals surface area contributed by atoms with Gasteiger partial charge in [0.05, 0.1) is 0 Å². The van der Waals surface area contributed by atoms with Crippen LogP contribution >= 0.6 is 0 Å². The average molecular weight is 1070 g/mol. The van der Waals surface area contributed by atoms with E-state index >= 15 is 0 Å². The summed E-state index contributed by atoms with van der Waals surface area (Å²) >= 11 is 0. The van der Waals surface area contributed by atoms with Crippen molar-refractivity contribution in [1.29, 1.82) is 0 Å². The normalized spacial score (nSPS) is 49.9. The molecule has 322 valence electrons. The highest BCUT2D eigenvalue weighted by molar-refractivity contribution is 7.10. The molecule has 3 spiro atoms. The Morgan fingerprint density at radius 1 is 0.429 bits per heavy atom. The molecule has 7 rings (SSSR count). The predicted octanol–water partition coefficient (Wildman–Crippen LogP) is -0.836. The van der Waals surface area contributed by atoms with Gasteiger partial charge in [0.25, 0.3) is 5.03 Å². The Balaban J connectivity index is 1.55. The molecule has 0 N–H and O–H groups in total. The van der Waals surface area contributed by atoms with Crippen molar-refractivity contribution in [2.75, 3.05) is 0 Å². The predicted molar refractivity (Wildman–Crippen MR) is 232 cm³/mol. The molecule has 0 aromatic heterocycles. The zero-order valence-electron chi connectivity index (χ0n) is 34.9. The summed E-state index contributed by atoms with van der Waals surface area (Å²) in [6.45, 7) is 32.3. The first-order valence-corrected chi connectivity index (χ1v) is 55.7. The van der Waals surface area contributed by atoms with Gasteiger partial charge in [-0.15, -0.1) is 0 Å². The van der Waals surface area contributed by atoms with E-state index in [0.717, 1.165) is 0 Å². The van der Waals surface area contributed by atoms with Crippen molar-refractivity contribution in [1.82, 2.24) is 0 Å². The fourth-order valence-corrected chi connectivity index (χ4v) is 80.2. The van der Waals surface area contributed by atoms with Gasteiger partial charge in [-0.05, 0) is 91.7 Å². The Kier molecular flexibility index (Phi) is 11.8. The third-order valence-corrected chi connectivity index (χ3v) is 62.9. The van der Waals surface area contributed by atoms with Gasteiger partial charge in [-0.1, -0.05) is 13.1 Å². The molecule has 56 heavy (non-hydrogen) atoms. The van der Waals surface area contributed by atoms with E-state index in [4.69, 9.17) is 84.2 Å². The van der Waals surface area contributed by atoms with E-state index in [-0.39, 0.29) is 0 Å². The summed E-state index contributed by atoms with van der Waals surface area (Å²) in [5.41, 5.74) is -2.00. The number of fused-ring (bicyclic) bond motifs is 7. The second kappa shape index (κ2) is 14.6. The molecule has 0 aromatic rings. The summed E-state index contributed by atoms with van der Waals surface area (Å²) < 4.78 is 146. The van der Waals surface area contributed by atoms with Gasteiger partial charge in [0.1, 0.15) is 20.3 Å². The van der Waals surface area contributed by atoms with E-state index < -0.39 is 165 Å². The molecular weight excluding hydrogens is 1010 g/mol. The Hall–Kier alpha value is 2.67. The van der Waals surface area contributed by atoms with Crippen molar-refractivity contribution in [3.63, 3.8) is 0 Å². The van der Waals surface area contributed by atoms with E-state index in [1.807, 2.05) is 78.6 Å². The van der Waals surface area contributed by atoms with Gasteiger partial charge in [0, 0.05) is 0 Å². The first-order valence-electron chi connectivity index (χ1n) is 19.6. The Labute approximate surface area is 351 Å². The highest BCUT2D eigenvalue weighted by Crippen LogP contribution is 2.68. The van der Waals surface area contributed by atoms with Crippen LogP contribution in [0.1, 0.15) is 0 Å². The Morgan fingerprint density at radius 3 is 1.52 bits per heavy atom. The van der Waals surface area contributed by atoms with Crippen LogP contribution in [0.4, 0.5) is 0 Å². The monoisotopic (exact) mass is 1070 g/mol. The highest BCUT2D eigenvalue weighted by Gasteiger charge is 3.07. The Bertz CT molecular complexity index is 1560. The van der Waals surface area contributed by atoms with Gasteiger partial charge in [-0.3, -0.25) is 0 Å². The molecule has 20 nitrogen and oxygen atoms in total. The number of rotatable bonds is 15. The molecule has 0 radical (unpaired) electrons. The maximum absolute atomic E-state index is 7.76. The van der Waals surface area contributed by atoms with Gasteiger partial charge >= 0.3 is 71.2 Å². The molecule has 7 saturated heterocycles. The SMILES string of the molecule is C[SiH](C)OC1C2O[Si]3(O[SiH](C)C)O[Si]4(O[SiH](C)C)OC5([SiH](C)C)O[Si]67OC3(O4)[Si]23O[Si](O[SiH](C)C)(O[Si](O[SiH](C)C)(O6)O[Si]1(O[SiH](C)C)O3)O[Si]5(O[SiH](C)C)O7. The van der Waals surface area contributed by atoms with Crippen molar-refractivity contribution >= 4 is 143 Å². The van der Waals surface area contributed by atoms with Crippen molar-refractivity contribution in [2.24, 2.45) is 0 Å². The molecule has 9 bridgehead atoms. The third-order valence-electron chi connectivity index (χ3n) is 9.28. The summed E-state index contributed by atoms with van der Waals surface area (Å²) in [7, 11) is -53.8. The first kappa shape index (κ1) is 45.2. The molecule has 0 amide bonds. The second-order valence-electron chi connectivity index (χ2n) is 17.2. The third kappa shape index (κ3) is 6.64. The van der Waals surface area contributed by atoms with Gasteiger partial charge in [0.2, 0.25) is 5.03 Å². The van der Waals surface area contributed by atoms with Crippen LogP contribution in [0.25, 0.3) is 0 Å². The molecule has 12 atom stereocenters. The van der Waals surface area contributed by atoms with Crippen molar-refractivity contribution in [2.45, 2.75) is 126 Å². The second-order valence-corrected chi connectivity index (χ2v) is 61.5. The van der Waals surface area contributed by atoms with Crippen molar-refractivity contribution in [3.05, 3.63) is 0 Å². The lowest BCUT2D eigenvalue weighted by molar-refractivity contribution is -0.167. The minimum Gasteiger partial charge on any atom is -0.418 e. The van der Waals surface area contributed by atoms with E-state index in [0.29, 0.717) is 0 Å². The van der Waals surface area contributed by atoms with Crippen LogP contribution in [0.3, 0.4) is 0 Å². The number of hydrogen-bond donors (Lipinski definition) is 0. The van der Waals surface area contributed by atoms with E-state index in [2.05, 4.69) is 26.2 Å². The zero-order chi connectivity index (χ0) is 40.9. The molecule has 7 heterocycles. The Morgan fingerprint density at radius 2 is 0.964 bits per heavy atom. The van der Waals surface area contributed by atoms with Crippen LogP contribution in [0.15, 0.2) is 0 Å². The van der Waals surface area contributed by atoms with Crippen LogP contribution in [0.5, 0.6) is 0 Å². The van der Waals surface area contributed by atoms with E-state index in [9.17, 15) is 0 Å². The largest absolute Gasteiger partial charge is 0.670 e. The maximum Gasteiger partial charge on any atom is 0.670 e. The fourth-order valence-electron chi connectivity index (χ4n) is 8.12. The van der Waals surface area contributed by atoms with Gasteiger partial charge in [-0.25, -0.2) is 0 Å². The van der Waals surface area contributed by atoms with E-state index in [1.165, 1.54) is 0 Å².